The molecule has 13 nitrogen and oxygen atoms in total. The second-order valence-corrected chi connectivity index (χ2v) is 9.03. The third-order valence-corrected chi connectivity index (χ3v) is 6.13. The van der Waals surface area contributed by atoms with E-state index in [-0.39, 0.29) is 36.0 Å². The molecule has 1 aliphatic heterocycles. The minimum atomic E-state index is -2.58. The van der Waals surface area contributed by atoms with Crippen LogP contribution in [0.4, 0.5) is 17.3 Å². The molecule has 1 aliphatic rings. The average Bonchev–Trinajstić information content (AvgIpc) is 3.41. The maximum absolute atomic E-state index is 12.8. The lowest BCUT2D eigenvalue weighted by Gasteiger charge is -2.16. The van der Waals surface area contributed by atoms with Crippen molar-refractivity contribution in [1.82, 2.24) is 19.5 Å². The number of hydrogen-bond donors (Lipinski definition) is 6. The molecule has 1 fully saturated rings. The van der Waals surface area contributed by atoms with E-state index in [2.05, 4.69) is 25.6 Å². The number of H-pyrrole nitrogens is 1. The van der Waals surface area contributed by atoms with Crippen molar-refractivity contribution in [1.29, 1.82) is 0 Å². The van der Waals surface area contributed by atoms with Crippen molar-refractivity contribution < 1.29 is 28.9 Å². The number of nitrogens with one attached hydrogen (secondary N) is 3. The Balaban J connectivity index is 1.48. The van der Waals surface area contributed by atoms with Gasteiger partial charge in [0.1, 0.15) is 12.3 Å². The third kappa shape index (κ3) is 4.93. The van der Waals surface area contributed by atoms with Gasteiger partial charge in [-0.3, -0.25) is 19.1 Å². The van der Waals surface area contributed by atoms with Crippen LogP contribution in [0.3, 0.4) is 0 Å². The Labute approximate surface area is 204 Å². The van der Waals surface area contributed by atoms with E-state index in [0.29, 0.717) is 11.4 Å². The molecule has 0 radical (unpaired) electrons. The molecule has 0 bridgehead atoms. The fourth-order valence-corrected chi connectivity index (χ4v) is 4.42. The van der Waals surface area contributed by atoms with Crippen LogP contribution < -0.4 is 16.2 Å². The number of carbonyl (C=O) groups is 1. The van der Waals surface area contributed by atoms with Gasteiger partial charge in [0.25, 0.3) is 5.56 Å². The van der Waals surface area contributed by atoms with Crippen LogP contribution in [0.1, 0.15) is 19.6 Å². The number of ether oxygens (including phenoxy) is 1. The molecular weight excluding hydrogens is 491 g/mol. The van der Waals surface area contributed by atoms with Gasteiger partial charge in [-0.15, -0.1) is 0 Å². The summed E-state index contributed by atoms with van der Waals surface area (Å²) < 4.78 is 12.1. The quantitative estimate of drug-likeness (QED) is 0.199. The standard InChI is InChI=1S/C22H23N6O7P/c1-11(29)24-14-6-12-4-2-3-5-13(12)7-15(14)25-22-26-20-19(21(31)27-22)23-10-28(20)18-8-16(30)17(35-18)9-34-36(32)33/h2-7,10,16-18,30,32-33H,8-9H2,1H3,(H,24,29)(H2,25,26,27,31)/t16-,17+,18+/m0/s1. The molecule has 0 aliphatic carbocycles. The van der Waals surface area contributed by atoms with Crippen molar-refractivity contribution in [3.8, 4) is 0 Å². The van der Waals surface area contributed by atoms with Crippen LogP contribution in [-0.2, 0) is 14.1 Å². The first-order valence-electron chi connectivity index (χ1n) is 11.0. The Kier molecular flexibility index (Phi) is 6.67. The van der Waals surface area contributed by atoms with Crippen molar-refractivity contribution >= 4 is 53.8 Å². The number of imidazole rings is 1. The number of amides is 1. The Bertz CT molecular complexity index is 1490. The minimum Gasteiger partial charge on any atom is -0.390 e. The molecule has 2 aromatic carbocycles. The van der Waals surface area contributed by atoms with Crippen LogP contribution in [0, 0.1) is 0 Å². The number of aromatic amines is 1. The molecule has 1 amide bonds. The molecule has 0 spiro atoms. The van der Waals surface area contributed by atoms with Gasteiger partial charge >= 0.3 is 8.60 Å². The average molecular weight is 514 g/mol. The van der Waals surface area contributed by atoms with E-state index in [1.54, 1.807) is 0 Å². The number of rotatable bonds is 7. The number of carbonyl (C=O) groups excluding carboxylic acids is 1. The van der Waals surface area contributed by atoms with Crippen molar-refractivity contribution in [2.45, 2.75) is 31.8 Å². The predicted molar refractivity (Wildman–Crippen MR) is 132 cm³/mol. The van der Waals surface area contributed by atoms with Crippen LogP contribution in [0.2, 0.25) is 0 Å². The van der Waals surface area contributed by atoms with Crippen molar-refractivity contribution in [2.75, 3.05) is 17.2 Å². The summed E-state index contributed by atoms with van der Waals surface area (Å²) in [6, 6.07) is 11.3. The number of nitrogens with zero attached hydrogens (tertiary/aromatic N) is 3. The normalized spacial score (nSPS) is 19.9. The first-order valence-corrected chi connectivity index (χ1v) is 12.1. The fourth-order valence-electron chi connectivity index (χ4n) is 4.14. The van der Waals surface area contributed by atoms with E-state index in [1.807, 2.05) is 36.4 Å². The zero-order valence-corrected chi connectivity index (χ0v) is 19.8. The van der Waals surface area contributed by atoms with E-state index in [0.717, 1.165) is 10.8 Å². The third-order valence-electron chi connectivity index (χ3n) is 5.75. The van der Waals surface area contributed by atoms with Crippen LogP contribution >= 0.6 is 8.60 Å². The summed E-state index contributed by atoms with van der Waals surface area (Å²) in [5, 5.41) is 18.0. The summed E-state index contributed by atoms with van der Waals surface area (Å²) in [7, 11) is -2.58. The Morgan fingerprint density at radius 1 is 1.28 bits per heavy atom. The Morgan fingerprint density at radius 2 is 2.00 bits per heavy atom. The highest BCUT2D eigenvalue weighted by molar-refractivity contribution is 7.39. The minimum absolute atomic E-state index is 0.0770. The maximum atomic E-state index is 12.8. The van der Waals surface area contributed by atoms with Crippen molar-refractivity contribution in [3.05, 3.63) is 53.1 Å². The fraction of sp³-hybridized carbons (Fsp3) is 0.273. The van der Waals surface area contributed by atoms with Gasteiger partial charge in [0.05, 0.1) is 30.4 Å². The molecule has 3 heterocycles. The zero-order chi connectivity index (χ0) is 25.4. The van der Waals surface area contributed by atoms with Crippen molar-refractivity contribution in [3.63, 3.8) is 0 Å². The van der Waals surface area contributed by atoms with Gasteiger partial charge in [-0.05, 0) is 22.9 Å². The first kappa shape index (κ1) is 24.3. The van der Waals surface area contributed by atoms with Gasteiger partial charge < -0.3 is 34.8 Å². The number of benzene rings is 2. The van der Waals surface area contributed by atoms with Gasteiger partial charge in [-0.1, -0.05) is 24.3 Å². The summed E-state index contributed by atoms with van der Waals surface area (Å²) in [4.78, 5) is 53.8. The summed E-state index contributed by atoms with van der Waals surface area (Å²) >= 11 is 0. The molecule has 0 unspecified atom stereocenters. The molecular formula is C22H23N6O7P. The van der Waals surface area contributed by atoms with Gasteiger partial charge in [0.2, 0.25) is 11.9 Å². The van der Waals surface area contributed by atoms with Crippen molar-refractivity contribution in [2.24, 2.45) is 0 Å². The maximum Gasteiger partial charge on any atom is 0.327 e. The van der Waals surface area contributed by atoms with E-state index >= 15 is 0 Å². The molecule has 14 heteroatoms. The zero-order valence-electron chi connectivity index (χ0n) is 19.0. The van der Waals surface area contributed by atoms with Crippen LogP contribution in [0.5, 0.6) is 0 Å². The molecule has 5 rings (SSSR count). The molecule has 2 aromatic heterocycles. The lowest BCUT2D eigenvalue weighted by molar-refractivity contribution is -0.114. The van der Waals surface area contributed by atoms with E-state index < -0.39 is 32.6 Å². The van der Waals surface area contributed by atoms with E-state index in [1.165, 1.54) is 17.8 Å². The number of aromatic nitrogens is 4. The number of aliphatic hydroxyl groups is 1. The molecule has 4 aromatic rings. The summed E-state index contributed by atoms with van der Waals surface area (Å²) in [6.07, 6.45) is -0.891. The highest BCUT2D eigenvalue weighted by atomic mass is 31.2. The van der Waals surface area contributed by atoms with E-state index in [4.69, 9.17) is 19.0 Å². The highest BCUT2D eigenvalue weighted by Gasteiger charge is 2.36. The van der Waals surface area contributed by atoms with Crippen LogP contribution in [0.25, 0.3) is 21.9 Å². The summed E-state index contributed by atoms with van der Waals surface area (Å²) in [5.74, 6) is -0.144. The highest BCUT2D eigenvalue weighted by Crippen LogP contribution is 2.34. The molecule has 188 valence electrons. The largest absolute Gasteiger partial charge is 0.390 e. The SMILES string of the molecule is CC(=O)Nc1cc2ccccc2cc1Nc1nc2c(ncn2[C@H]2C[C@H](O)[C@@H](COP(O)O)O2)c(=O)[nH]1. The Morgan fingerprint density at radius 3 is 2.69 bits per heavy atom. The van der Waals surface area contributed by atoms with Crippen LogP contribution in [-0.4, -0.2) is 59.1 Å². The van der Waals surface area contributed by atoms with Gasteiger partial charge in [-0.25, -0.2) is 4.98 Å². The summed E-state index contributed by atoms with van der Waals surface area (Å²) in [5.41, 5.74) is 0.830. The molecule has 1 saturated heterocycles. The van der Waals surface area contributed by atoms with E-state index in [9.17, 15) is 14.7 Å². The molecule has 6 N–H and O–H groups in total. The predicted octanol–water partition coefficient (Wildman–Crippen LogP) is 1.85. The first-order chi connectivity index (χ1) is 17.3. The second kappa shape index (κ2) is 9.90. The number of hydrogen-bond acceptors (Lipinski definition) is 10. The molecule has 36 heavy (non-hydrogen) atoms. The Hall–Kier alpha value is -3.45. The summed E-state index contributed by atoms with van der Waals surface area (Å²) in [6.45, 7) is 1.19. The van der Waals surface area contributed by atoms with Gasteiger partial charge in [0, 0.05) is 13.3 Å². The topological polar surface area (TPSA) is 184 Å². The lowest BCUT2D eigenvalue weighted by Crippen LogP contribution is -2.25. The monoisotopic (exact) mass is 514 g/mol. The molecule has 0 saturated carbocycles. The van der Waals surface area contributed by atoms with Gasteiger partial charge in [-0.2, -0.15) is 4.98 Å². The smallest absolute Gasteiger partial charge is 0.327 e. The van der Waals surface area contributed by atoms with Gasteiger partial charge in [0.15, 0.2) is 11.2 Å². The van der Waals surface area contributed by atoms with Crippen LogP contribution in [0.15, 0.2) is 47.5 Å². The number of aliphatic hydroxyl groups excluding tert-OH is 1. The number of anilines is 3. The number of fused-ring (bicyclic) bond motifs is 2. The molecule has 3 atom stereocenters. The second-order valence-electron chi connectivity index (χ2n) is 8.27. The lowest BCUT2D eigenvalue weighted by atomic mass is 10.1.